The molecule has 1 aromatic heterocycles. The van der Waals surface area contributed by atoms with Crippen molar-refractivity contribution >= 4 is 29.1 Å². The summed E-state index contributed by atoms with van der Waals surface area (Å²) in [4.78, 5) is 15.8. The van der Waals surface area contributed by atoms with Gasteiger partial charge in [-0.3, -0.25) is 9.78 Å². The minimum atomic E-state index is -0.0734. The molecule has 2 rings (SSSR count). The number of hydrogen-bond acceptors (Lipinski definition) is 3. The van der Waals surface area contributed by atoms with Crippen LogP contribution in [0.25, 0.3) is 0 Å². The lowest BCUT2D eigenvalue weighted by Gasteiger charge is -2.15. The summed E-state index contributed by atoms with van der Waals surface area (Å²) in [6.07, 6.45) is 3.43. The Labute approximate surface area is 139 Å². The first-order valence-corrected chi connectivity index (χ1v) is 7.66. The molecule has 1 atom stereocenters. The van der Waals surface area contributed by atoms with E-state index in [1.54, 1.807) is 24.5 Å². The topological polar surface area (TPSA) is 54.0 Å². The molecule has 0 radical (unpaired) electrons. The molecule has 0 aliphatic heterocycles. The van der Waals surface area contributed by atoms with Crippen LogP contribution in [0.2, 0.25) is 10.0 Å². The van der Waals surface area contributed by atoms with Crippen LogP contribution < -0.4 is 10.6 Å². The molecule has 6 heteroatoms. The number of aromatic nitrogens is 1. The van der Waals surface area contributed by atoms with Crippen LogP contribution in [0.4, 0.5) is 0 Å². The number of rotatable bonds is 6. The fourth-order valence-corrected chi connectivity index (χ4v) is 2.22. The second-order valence-corrected chi connectivity index (χ2v) is 5.73. The predicted molar refractivity (Wildman–Crippen MR) is 89.0 cm³/mol. The largest absolute Gasteiger partial charge is 0.351 e. The average molecular weight is 338 g/mol. The molecule has 1 heterocycles. The molecule has 0 saturated carbocycles. The van der Waals surface area contributed by atoms with Gasteiger partial charge in [-0.1, -0.05) is 35.3 Å². The number of carbonyl (C=O) groups excluding carboxylic acids is 1. The van der Waals surface area contributed by atoms with Crippen LogP contribution in [0.1, 0.15) is 24.1 Å². The molecule has 4 nitrogen and oxygen atoms in total. The predicted octanol–water partition coefficient (Wildman–Crippen LogP) is 3.36. The highest BCUT2D eigenvalue weighted by atomic mass is 35.5. The van der Waals surface area contributed by atoms with Crippen molar-refractivity contribution in [1.82, 2.24) is 15.6 Å². The van der Waals surface area contributed by atoms with E-state index in [4.69, 9.17) is 23.2 Å². The number of carbonyl (C=O) groups is 1. The fraction of sp³-hybridized carbons (Fsp3) is 0.250. The van der Waals surface area contributed by atoms with E-state index >= 15 is 0 Å². The van der Waals surface area contributed by atoms with E-state index in [-0.39, 0.29) is 18.5 Å². The number of amides is 1. The van der Waals surface area contributed by atoms with Crippen LogP contribution in [-0.2, 0) is 11.3 Å². The maximum Gasteiger partial charge on any atom is 0.234 e. The monoisotopic (exact) mass is 337 g/mol. The number of halogens is 2. The Balaban J connectivity index is 1.79. The Morgan fingerprint density at radius 1 is 1.27 bits per heavy atom. The van der Waals surface area contributed by atoms with Gasteiger partial charge in [0.2, 0.25) is 5.91 Å². The van der Waals surface area contributed by atoms with Crippen LogP contribution in [-0.4, -0.2) is 17.4 Å². The van der Waals surface area contributed by atoms with Gasteiger partial charge in [-0.25, -0.2) is 0 Å². The molecule has 0 aliphatic rings. The summed E-state index contributed by atoms with van der Waals surface area (Å²) < 4.78 is 0. The quantitative estimate of drug-likeness (QED) is 0.849. The molecule has 1 aromatic carbocycles. The Kier molecular flexibility index (Phi) is 6.19. The van der Waals surface area contributed by atoms with Crippen LogP contribution >= 0.6 is 23.2 Å². The van der Waals surface area contributed by atoms with E-state index < -0.39 is 0 Å². The van der Waals surface area contributed by atoms with Crippen LogP contribution in [0, 0.1) is 0 Å². The van der Waals surface area contributed by atoms with Crippen molar-refractivity contribution in [2.24, 2.45) is 0 Å². The van der Waals surface area contributed by atoms with Crippen molar-refractivity contribution in [2.45, 2.75) is 19.5 Å². The molecule has 2 aromatic rings. The lowest BCUT2D eigenvalue weighted by atomic mass is 10.1. The SMILES string of the molecule is CC(NCC(=O)NCc1cccnc1)c1ccc(Cl)c(Cl)c1. The second-order valence-electron chi connectivity index (χ2n) is 4.91. The zero-order valence-corrected chi connectivity index (χ0v) is 13.7. The number of nitrogens with one attached hydrogen (secondary N) is 2. The number of hydrogen-bond donors (Lipinski definition) is 2. The summed E-state index contributed by atoms with van der Waals surface area (Å²) >= 11 is 11.9. The van der Waals surface area contributed by atoms with Gasteiger partial charge < -0.3 is 10.6 Å². The highest BCUT2D eigenvalue weighted by Crippen LogP contribution is 2.25. The normalized spacial score (nSPS) is 12.0. The highest BCUT2D eigenvalue weighted by Gasteiger charge is 2.09. The first-order valence-electron chi connectivity index (χ1n) is 6.90. The van der Waals surface area contributed by atoms with Gasteiger partial charge in [-0.15, -0.1) is 0 Å². The van der Waals surface area contributed by atoms with Crippen molar-refractivity contribution in [1.29, 1.82) is 0 Å². The zero-order chi connectivity index (χ0) is 15.9. The first-order chi connectivity index (χ1) is 10.6. The zero-order valence-electron chi connectivity index (χ0n) is 12.1. The van der Waals surface area contributed by atoms with Crippen molar-refractivity contribution in [3.05, 3.63) is 63.9 Å². The summed E-state index contributed by atoms with van der Waals surface area (Å²) in [6, 6.07) is 9.19. The molecule has 0 aliphatic carbocycles. The van der Waals surface area contributed by atoms with Gasteiger partial charge >= 0.3 is 0 Å². The Hall–Kier alpha value is -1.62. The van der Waals surface area contributed by atoms with Crippen LogP contribution in [0.15, 0.2) is 42.7 Å². The van der Waals surface area contributed by atoms with Crippen molar-refractivity contribution in [3.63, 3.8) is 0 Å². The standard InChI is InChI=1S/C16H17Cl2N3O/c1-11(13-4-5-14(17)15(18)7-13)20-10-16(22)21-9-12-3-2-6-19-8-12/h2-8,11,20H,9-10H2,1H3,(H,21,22). The first kappa shape index (κ1) is 16.7. The van der Waals surface area contributed by atoms with Gasteiger partial charge in [-0.05, 0) is 36.2 Å². The summed E-state index contributed by atoms with van der Waals surface area (Å²) in [5, 5.41) is 7.02. The lowest BCUT2D eigenvalue weighted by Crippen LogP contribution is -2.34. The maximum atomic E-state index is 11.8. The summed E-state index contributed by atoms with van der Waals surface area (Å²) in [6.45, 7) is 2.66. The molecular formula is C16H17Cl2N3O. The molecule has 1 amide bonds. The maximum absolute atomic E-state index is 11.8. The number of nitrogens with zero attached hydrogens (tertiary/aromatic N) is 1. The van der Waals surface area contributed by atoms with Gasteiger partial charge in [0.15, 0.2) is 0 Å². The minimum absolute atomic E-state index is 0.00101. The third-order valence-electron chi connectivity index (χ3n) is 3.22. The summed E-state index contributed by atoms with van der Waals surface area (Å²) in [5.74, 6) is -0.0734. The van der Waals surface area contributed by atoms with Gasteiger partial charge in [0.05, 0.1) is 16.6 Å². The molecule has 0 spiro atoms. The van der Waals surface area contributed by atoms with E-state index in [1.165, 1.54) is 0 Å². The molecule has 0 bridgehead atoms. The lowest BCUT2D eigenvalue weighted by molar-refractivity contribution is -0.120. The summed E-state index contributed by atoms with van der Waals surface area (Å²) in [7, 11) is 0. The summed E-state index contributed by atoms with van der Waals surface area (Å²) in [5.41, 5.74) is 1.95. The molecule has 116 valence electrons. The number of pyridine rings is 1. The number of benzene rings is 1. The molecule has 0 saturated heterocycles. The van der Waals surface area contributed by atoms with Crippen molar-refractivity contribution in [2.75, 3.05) is 6.54 Å². The highest BCUT2D eigenvalue weighted by molar-refractivity contribution is 6.42. The van der Waals surface area contributed by atoms with E-state index in [0.29, 0.717) is 16.6 Å². The van der Waals surface area contributed by atoms with E-state index in [0.717, 1.165) is 11.1 Å². The average Bonchev–Trinajstić information content (AvgIpc) is 2.54. The van der Waals surface area contributed by atoms with Gasteiger partial charge in [0, 0.05) is 25.0 Å². The van der Waals surface area contributed by atoms with Crippen LogP contribution in [0.5, 0.6) is 0 Å². The third-order valence-corrected chi connectivity index (χ3v) is 3.96. The van der Waals surface area contributed by atoms with Crippen molar-refractivity contribution < 1.29 is 4.79 Å². The van der Waals surface area contributed by atoms with Gasteiger partial charge in [0.25, 0.3) is 0 Å². The van der Waals surface area contributed by atoms with E-state index in [1.807, 2.05) is 25.1 Å². The van der Waals surface area contributed by atoms with Crippen LogP contribution in [0.3, 0.4) is 0 Å². The Morgan fingerprint density at radius 2 is 2.09 bits per heavy atom. The molecule has 2 N–H and O–H groups in total. The van der Waals surface area contributed by atoms with Crippen molar-refractivity contribution in [3.8, 4) is 0 Å². The molecule has 22 heavy (non-hydrogen) atoms. The minimum Gasteiger partial charge on any atom is -0.351 e. The van der Waals surface area contributed by atoms with E-state index in [2.05, 4.69) is 15.6 Å². The third kappa shape index (κ3) is 4.98. The van der Waals surface area contributed by atoms with Gasteiger partial charge in [0.1, 0.15) is 0 Å². The fourth-order valence-electron chi connectivity index (χ4n) is 1.91. The molecule has 1 unspecified atom stereocenters. The second kappa shape index (κ2) is 8.13. The Bertz CT molecular complexity index is 635. The molecule has 0 fully saturated rings. The van der Waals surface area contributed by atoms with Gasteiger partial charge in [-0.2, -0.15) is 0 Å². The molecular weight excluding hydrogens is 321 g/mol. The smallest absolute Gasteiger partial charge is 0.234 e. The van der Waals surface area contributed by atoms with E-state index in [9.17, 15) is 4.79 Å². The Morgan fingerprint density at radius 3 is 2.77 bits per heavy atom.